The smallest absolute Gasteiger partial charge is 0.410 e. The molecule has 0 aromatic heterocycles. The maximum Gasteiger partial charge on any atom is 0.410 e. The third-order valence-electron chi connectivity index (χ3n) is 8.20. The highest BCUT2D eigenvalue weighted by atomic mass is 16.6. The number of nitrogens with one attached hydrogen (secondary N) is 1. The first-order valence-electron chi connectivity index (χ1n) is 16.7. The van der Waals surface area contributed by atoms with Gasteiger partial charge in [-0.3, -0.25) is 9.69 Å². The second-order valence-electron chi connectivity index (χ2n) is 12.3. The summed E-state index contributed by atoms with van der Waals surface area (Å²) in [6.07, 6.45) is 3.43. The van der Waals surface area contributed by atoms with E-state index in [2.05, 4.69) is 41.7 Å². The van der Waals surface area contributed by atoms with Crippen LogP contribution >= 0.6 is 0 Å². The van der Waals surface area contributed by atoms with Gasteiger partial charge in [-0.25, -0.2) is 9.59 Å². The Kier molecular flexibility index (Phi) is 14.3. The summed E-state index contributed by atoms with van der Waals surface area (Å²) in [5.41, 5.74) is 10.0. The Bertz CT molecular complexity index is 1600. The van der Waals surface area contributed by atoms with E-state index in [0.29, 0.717) is 32.4 Å². The molecular formula is C39H48N4O5. The van der Waals surface area contributed by atoms with Crippen molar-refractivity contribution < 1.29 is 23.9 Å². The van der Waals surface area contributed by atoms with E-state index in [1.165, 1.54) is 10.5 Å². The Balaban J connectivity index is 1.27. The van der Waals surface area contributed by atoms with Crippen LogP contribution in [0, 0.1) is 0 Å². The second kappa shape index (κ2) is 19.1. The number of carbonyl (C=O) groups is 3. The fourth-order valence-corrected chi connectivity index (χ4v) is 5.56. The third-order valence-corrected chi connectivity index (χ3v) is 8.20. The minimum atomic E-state index is -0.784. The Morgan fingerprint density at radius 3 is 1.85 bits per heavy atom. The van der Waals surface area contributed by atoms with Crippen molar-refractivity contribution >= 4 is 28.9 Å². The van der Waals surface area contributed by atoms with Crippen LogP contribution in [0.25, 0.3) is 10.8 Å². The van der Waals surface area contributed by atoms with Crippen LogP contribution < -0.4 is 11.1 Å². The van der Waals surface area contributed by atoms with Gasteiger partial charge in [0.25, 0.3) is 0 Å². The number of nitrogens with zero attached hydrogens (tertiary/aromatic N) is 2. The first-order chi connectivity index (χ1) is 23.3. The number of primary amides is 1. The lowest BCUT2D eigenvalue weighted by Crippen LogP contribution is -2.49. The lowest BCUT2D eigenvalue weighted by molar-refractivity contribution is -0.123. The number of benzene rings is 4. The Labute approximate surface area is 284 Å². The Hall–Kier alpha value is -4.89. The molecule has 9 nitrogen and oxygen atoms in total. The SMILES string of the molecule is CN(C)CCCN(C(=O)OCc1ccccc1)[C@@H](CCc1ccc2cc(CCCCNC(=O)OCc3ccccc3)ccc2c1)C(N)=O. The van der Waals surface area contributed by atoms with Crippen molar-refractivity contribution in [2.75, 3.05) is 33.7 Å². The van der Waals surface area contributed by atoms with Gasteiger partial charge < -0.3 is 25.4 Å². The van der Waals surface area contributed by atoms with E-state index < -0.39 is 24.1 Å². The zero-order valence-corrected chi connectivity index (χ0v) is 28.1. The third kappa shape index (κ3) is 12.0. The largest absolute Gasteiger partial charge is 0.445 e. The maximum atomic E-state index is 13.2. The monoisotopic (exact) mass is 652 g/mol. The zero-order chi connectivity index (χ0) is 34.1. The van der Waals surface area contributed by atoms with Crippen molar-refractivity contribution in [1.29, 1.82) is 0 Å². The molecule has 0 aliphatic carbocycles. The summed E-state index contributed by atoms with van der Waals surface area (Å²) in [4.78, 5) is 41.4. The number of alkyl carbamates (subject to hydrolysis) is 1. The van der Waals surface area contributed by atoms with Crippen LogP contribution in [0.4, 0.5) is 9.59 Å². The van der Waals surface area contributed by atoms with Crippen LogP contribution in [0.2, 0.25) is 0 Å². The zero-order valence-electron chi connectivity index (χ0n) is 28.1. The molecule has 4 aromatic rings. The lowest BCUT2D eigenvalue weighted by atomic mass is 9.98. The molecular weight excluding hydrogens is 604 g/mol. The molecule has 0 spiro atoms. The van der Waals surface area contributed by atoms with Gasteiger partial charge in [0.15, 0.2) is 0 Å². The van der Waals surface area contributed by atoms with Crippen LogP contribution in [0.1, 0.15) is 47.9 Å². The van der Waals surface area contributed by atoms with Crippen LogP contribution in [0.15, 0.2) is 97.1 Å². The fourth-order valence-electron chi connectivity index (χ4n) is 5.56. The molecule has 0 aliphatic rings. The van der Waals surface area contributed by atoms with Crippen molar-refractivity contribution in [3.05, 3.63) is 119 Å². The second-order valence-corrected chi connectivity index (χ2v) is 12.3. The number of fused-ring (bicyclic) bond motifs is 1. The minimum Gasteiger partial charge on any atom is -0.445 e. The van der Waals surface area contributed by atoms with E-state index in [1.807, 2.05) is 79.7 Å². The molecule has 254 valence electrons. The molecule has 9 heteroatoms. The summed E-state index contributed by atoms with van der Waals surface area (Å²) in [5, 5.41) is 5.07. The van der Waals surface area contributed by atoms with E-state index in [-0.39, 0.29) is 13.2 Å². The number of hydrogen-bond donors (Lipinski definition) is 2. The number of amides is 3. The molecule has 4 rings (SSSR count). The molecule has 3 amide bonds. The minimum absolute atomic E-state index is 0.128. The normalized spacial score (nSPS) is 11.6. The molecule has 3 N–H and O–H groups in total. The molecule has 48 heavy (non-hydrogen) atoms. The quantitative estimate of drug-likeness (QED) is 0.119. The summed E-state index contributed by atoms with van der Waals surface area (Å²) in [6, 6.07) is 31.1. The first-order valence-corrected chi connectivity index (χ1v) is 16.7. The maximum absolute atomic E-state index is 13.2. The highest BCUT2D eigenvalue weighted by Crippen LogP contribution is 2.21. The lowest BCUT2D eigenvalue weighted by Gasteiger charge is -2.29. The number of hydrogen-bond acceptors (Lipinski definition) is 6. The Morgan fingerprint density at radius 2 is 1.27 bits per heavy atom. The average Bonchev–Trinajstić information content (AvgIpc) is 3.09. The fraction of sp³-hybridized carbons (Fsp3) is 0.359. The van der Waals surface area contributed by atoms with Crippen molar-refractivity contribution in [2.45, 2.75) is 57.8 Å². The molecule has 0 radical (unpaired) electrons. The summed E-state index contributed by atoms with van der Waals surface area (Å²) >= 11 is 0. The van der Waals surface area contributed by atoms with E-state index in [4.69, 9.17) is 15.2 Å². The average molecular weight is 653 g/mol. The van der Waals surface area contributed by atoms with Crippen LogP contribution in [-0.2, 0) is 40.3 Å². The standard InChI is InChI=1S/C39H48N4O5/c1-42(2)24-11-25-43(39(46)48-29-33-15-7-4-8-16-33)36(37(40)44)22-19-31-18-21-34-26-30(17-20-35(34)27-31)12-9-10-23-41-38(45)47-28-32-13-5-3-6-14-32/h3-8,13-18,20-21,26-27,36H,9-12,19,22-25,28-29H2,1-2H3,(H2,40,44)(H,41,45)/t36-/m0/s1. The number of carbonyl (C=O) groups excluding carboxylic acids is 3. The molecule has 1 atom stereocenters. The van der Waals surface area contributed by atoms with Crippen LogP contribution in [-0.4, -0.2) is 67.7 Å². The number of unbranched alkanes of at least 4 members (excludes halogenated alkanes) is 1. The molecule has 0 heterocycles. The molecule has 0 unspecified atom stereocenters. The molecule has 4 aromatic carbocycles. The van der Waals surface area contributed by atoms with Gasteiger partial charge in [-0.15, -0.1) is 0 Å². The van der Waals surface area contributed by atoms with Gasteiger partial charge >= 0.3 is 12.2 Å². The summed E-state index contributed by atoms with van der Waals surface area (Å²) < 4.78 is 10.9. The number of rotatable bonds is 18. The van der Waals surface area contributed by atoms with Gasteiger partial charge in [0.05, 0.1) is 0 Å². The van der Waals surface area contributed by atoms with Gasteiger partial charge in [-0.05, 0) is 92.2 Å². The molecule has 0 bridgehead atoms. The van der Waals surface area contributed by atoms with Crippen LogP contribution in [0.5, 0.6) is 0 Å². The molecule has 0 saturated heterocycles. The van der Waals surface area contributed by atoms with E-state index >= 15 is 0 Å². The molecule has 0 aliphatic heterocycles. The number of nitrogens with two attached hydrogens (primary N) is 1. The summed E-state index contributed by atoms with van der Waals surface area (Å²) in [6.45, 7) is 2.09. The number of ether oxygens (including phenoxy) is 2. The van der Waals surface area contributed by atoms with Gasteiger partial charge in [-0.1, -0.05) is 97.1 Å². The van der Waals surface area contributed by atoms with E-state index in [9.17, 15) is 14.4 Å². The van der Waals surface area contributed by atoms with Crippen molar-refractivity contribution in [3.63, 3.8) is 0 Å². The summed E-state index contributed by atoms with van der Waals surface area (Å²) in [5.74, 6) is -0.541. The van der Waals surface area contributed by atoms with Crippen molar-refractivity contribution in [3.8, 4) is 0 Å². The van der Waals surface area contributed by atoms with E-state index in [0.717, 1.165) is 53.3 Å². The number of aryl methyl sites for hydroxylation is 2. The van der Waals surface area contributed by atoms with Crippen molar-refractivity contribution in [2.24, 2.45) is 5.73 Å². The summed E-state index contributed by atoms with van der Waals surface area (Å²) in [7, 11) is 3.94. The van der Waals surface area contributed by atoms with Crippen molar-refractivity contribution in [1.82, 2.24) is 15.1 Å². The highest BCUT2D eigenvalue weighted by Gasteiger charge is 2.29. The molecule has 0 saturated carbocycles. The molecule has 0 fully saturated rings. The predicted octanol–water partition coefficient (Wildman–Crippen LogP) is 6.47. The van der Waals surface area contributed by atoms with Crippen LogP contribution in [0.3, 0.4) is 0 Å². The highest BCUT2D eigenvalue weighted by molar-refractivity contribution is 5.85. The van der Waals surface area contributed by atoms with Gasteiger partial charge in [-0.2, -0.15) is 0 Å². The first kappa shape index (κ1) is 36.0. The van der Waals surface area contributed by atoms with E-state index in [1.54, 1.807) is 0 Å². The topological polar surface area (TPSA) is 114 Å². The Morgan fingerprint density at radius 1 is 0.688 bits per heavy atom. The van der Waals surface area contributed by atoms with Gasteiger partial charge in [0, 0.05) is 13.1 Å². The van der Waals surface area contributed by atoms with Gasteiger partial charge in [0.1, 0.15) is 19.3 Å². The van der Waals surface area contributed by atoms with Gasteiger partial charge in [0.2, 0.25) is 5.91 Å². The predicted molar refractivity (Wildman–Crippen MR) is 189 cm³/mol.